The molecule has 1 aromatic heterocycles. The molecule has 0 spiro atoms. The minimum atomic E-state index is -0.432. The lowest BCUT2D eigenvalue weighted by Gasteiger charge is -2.33. The van der Waals surface area contributed by atoms with Gasteiger partial charge in [-0.25, -0.2) is 0 Å². The maximum absolute atomic E-state index is 5.97. The number of hydrogen-bond donors (Lipinski definition) is 1. The van der Waals surface area contributed by atoms with Crippen LogP contribution in [0.25, 0.3) is 0 Å². The molecule has 2 aliphatic heterocycles. The minimum absolute atomic E-state index is 0.432. The van der Waals surface area contributed by atoms with Crippen molar-refractivity contribution in [2.75, 3.05) is 46.0 Å². The van der Waals surface area contributed by atoms with Crippen LogP contribution in [0.3, 0.4) is 0 Å². The van der Waals surface area contributed by atoms with E-state index in [2.05, 4.69) is 20.4 Å². The molecule has 0 unspecified atom stereocenters. The normalized spacial score (nSPS) is 23.3. The highest BCUT2D eigenvalue weighted by atomic mass is 16.5. The van der Waals surface area contributed by atoms with Crippen LogP contribution in [0.5, 0.6) is 0 Å². The summed E-state index contributed by atoms with van der Waals surface area (Å²) >= 11 is 0. The Morgan fingerprint density at radius 2 is 2.05 bits per heavy atom. The van der Waals surface area contributed by atoms with Crippen molar-refractivity contribution in [2.45, 2.75) is 31.9 Å². The zero-order chi connectivity index (χ0) is 14.5. The van der Waals surface area contributed by atoms with Gasteiger partial charge in [0.2, 0.25) is 11.7 Å². The summed E-state index contributed by atoms with van der Waals surface area (Å²) in [6, 6.07) is 0. The van der Waals surface area contributed by atoms with E-state index >= 15 is 0 Å². The summed E-state index contributed by atoms with van der Waals surface area (Å²) in [5.41, 5.74) is -0.432. The van der Waals surface area contributed by atoms with Gasteiger partial charge in [0, 0.05) is 58.8 Å². The van der Waals surface area contributed by atoms with Crippen molar-refractivity contribution in [3.63, 3.8) is 0 Å². The fourth-order valence-corrected chi connectivity index (χ4v) is 2.97. The van der Waals surface area contributed by atoms with Crippen molar-refractivity contribution in [3.8, 4) is 0 Å². The van der Waals surface area contributed by atoms with E-state index in [0.717, 1.165) is 39.0 Å². The molecule has 3 rings (SSSR count). The molecule has 21 heavy (non-hydrogen) atoms. The number of hydrogen-bond acceptors (Lipinski definition) is 7. The lowest BCUT2D eigenvalue weighted by molar-refractivity contribution is -0.118. The first-order chi connectivity index (χ1) is 10.3. The predicted octanol–water partition coefficient (Wildman–Crippen LogP) is 0.517. The fourth-order valence-electron chi connectivity index (χ4n) is 2.97. The average Bonchev–Trinajstić information content (AvgIpc) is 2.99. The van der Waals surface area contributed by atoms with Crippen molar-refractivity contribution in [3.05, 3.63) is 11.7 Å². The van der Waals surface area contributed by atoms with Gasteiger partial charge >= 0.3 is 0 Å². The molecule has 2 fully saturated rings. The highest BCUT2D eigenvalue weighted by molar-refractivity contribution is 5.03. The maximum atomic E-state index is 5.97. The molecule has 7 nitrogen and oxygen atoms in total. The van der Waals surface area contributed by atoms with Gasteiger partial charge in [-0.3, -0.25) is 4.90 Å². The molecule has 1 aromatic rings. The molecule has 0 bridgehead atoms. The largest absolute Gasteiger partial charge is 0.381 e. The van der Waals surface area contributed by atoms with Crippen molar-refractivity contribution in [1.29, 1.82) is 0 Å². The van der Waals surface area contributed by atoms with Gasteiger partial charge in [0.1, 0.15) is 5.60 Å². The molecule has 1 N–H and O–H groups in total. The van der Waals surface area contributed by atoms with Crippen molar-refractivity contribution in [1.82, 2.24) is 20.4 Å². The van der Waals surface area contributed by atoms with Crippen LogP contribution in [-0.2, 0) is 21.6 Å². The Bertz CT molecular complexity index is 434. The molecule has 0 atom stereocenters. The number of ether oxygens (including phenoxy) is 2. The SMILES string of the molecule is CCOC1(c2noc(CN3CCNCC3)n2)CCOCC1. The Kier molecular flexibility index (Phi) is 4.84. The lowest BCUT2D eigenvalue weighted by Crippen LogP contribution is -2.43. The first kappa shape index (κ1) is 14.9. The molecule has 7 heteroatoms. The van der Waals surface area contributed by atoms with E-state index in [9.17, 15) is 0 Å². The van der Waals surface area contributed by atoms with E-state index in [1.807, 2.05) is 6.92 Å². The van der Waals surface area contributed by atoms with Crippen LogP contribution in [0.2, 0.25) is 0 Å². The van der Waals surface area contributed by atoms with Crippen LogP contribution in [-0.4, -0.2) is 61.0 Å². The second-order valence-electron chi connectivity index (χ2n) is 5.58. The zero-order valence-electron chi connectivity index (χ0n) is 12.6. The molecule has 0 amide bonds. The molecule has 0 saturated carbocycles. The second-order valence-corrected chi connectivity index (χ2v) is 5.58. The monoisotopic (exact) mass is 296 g/mol. The van der Waals surface area contributed by atoms with Gasteiger partial charge in [0.15, 0.2) is 0 Å². The third-order valence-corrected chi connectivity index (χ3v) is 4.17. The summed E-state index contributed by atoms with van der Waals surface area (Å²) in [6.45, 7) is 8.78. The van der Waals surface area contributed by atoms with Gasteiger partial charge in [-0.1, -0.05) is 5.16 Å². The van der Waals surface area contributed by atoms with E-state index in [0.29, 0.717) is 38.1 Å². The fraction of sp³-hybridized carbons (Fsp3) is 0.857. The van der Waals surface area contributed by atoms with Gasteiger partial charge in [0.05, 0.1) is 6.54 Å². The van der Waals surface area contributed by atoms with Crippen LogP contribution in [0.1, 0.15) is 31.5 Å². The minimum Gasteiger partial charge on any atom is -0.381 e. The van der Waals surface area contributed by atoms with Crippen molar-refractivity contribution in [2.24, 2.45) is 0 Å². The van der Waals surface area contributed by atoms with Gasteiger partial charge < -0.3 is 19.3 Å². The third-order valence-electron chi connectivity index (χ3n) is 4.17. The Hall–Kier alpha value is -1.02. The summed E-state index contributed by atoms with van der Waals surface area (Å²) in [6.07, 6.45) is 1.57. The van der Waals surface area contributed by atoms with Gasteiger partial charge in [-0.15, -0.1) is 0 Å². The van der Waals surface area contributed by atoms with E-state index in [1.54, 1.807) is 0 Å². The number of piperazine rings is 1. The molecule has 0 radical (unpaired) electrons. The molecule has 2 saturated heterocycles. The van der Waals surface area contributed by atoms with E-state index in [-0.39, 0.29) is 0 Å². The molecule has 0 aromatic carbocycles. The van der Waals surface area contributed by atoms with Crippen LogP contribution in [0, 0.1) is 0 Å². The van der Waals surface area contributed by atoms with E-state index in [4.69, 9.17) is 14.0 Å². The lowest BCUT2D eigenvalue weighted by atomic mass is 9.93. The van der Waals surface area contributed by atoms with Crippen LogP contribution in [0.4, 0.5) is 0 Å². The number of aromatic nitrogens is 2. The molecule has 118 valence electrons. The highest BCUT2D eigenvalue weighted by Gasteiger charge is 2.39. The summed E-state index contributed by atoms with van der Waals surface area (Å²) in [4.78, 5) is 6.92. The molecule has 2 aliphatic rings. The Balaban J connectivity index is 1.69. The number of rotatable bonds is 5. The van der Waals surface area contributed by atoms with Gasteiger partial charge in [-0.2, -0.15) is 4.98 Å². The smallest absolute Gasteiger partial charge is 0.240 e. The summed E-state index contributed by atoms with van der Waals surface area (Å²) in [7, 11) is 0. The average molecular weight is 296 g/mol. The van der Waals surface area contributed by atoms with Crippen molar-refractivity contribution >= 4 is 0 Å². The van der Waals surface area contributed by atoms with E-state index < -0.39 is 5.60 Å². The molecule has 3 heterocycles. The van der Waals surface area contributed by atoms with E-state index in [1.165, 1.54) is 0 Å². The third kappa shape index (κ3) is 3.42. The van der Waals surface area contributed by atoms with Crippen LogP contribution < -0.4 is 5.32 Å². The van der Waals surface area contributed by atoms with Crippen molar-refractivity contribution < 1.29 is 14.0 Å². The predicted molar refractivity (Wildman–Crippen MR) is 75.8 cm³/mol. The Morgan fingerprint density at radius 3 is 2.76 bits per heavy atom. The molecule has 0 aliphatic carbocycles. The highest BCUT2D eigenvalue weighted by Crippen LogP contribution is 2.34. The maximum Gasteiger partial charge on any atom is 0.240 e. The van der Waals surface area contributed by atoms with Crippen LogP contribution in [0.15, 0.2) is 4.52 Å². The number of nitrogens with one attached hydrogen (secondary N) is 1. The Morgan fingerprint density at radius 1 is 1.29 bits per heavy atom. The first-order valence-corrected chi connectivity index (χ1v) is 7.80. The van der Waals surface area contributed by atoms with Gasteiger partial charge in [-0.05, 0) is 6.92 Å². The summed E-state index contributed by atoms with van der Waals surface area (Å²) in [5.74, 6) is 1.36. The summed E-state index contributed by atoms with van der Waals surface area (Å²) < 4.78 is 16.9. The van der Waals surface area contributed by atoms with Gasteiger partial charge in [0.25, 0.3) is 0 Å². The quantitative estimate of drug-likeness (QED) is 0.849. The second kappa shape index (κ2) is 6.83. The molecular weight excluding hydrogens is 272 g/mol. The summed E-state index contributed by atoms with van der Waals surface area (Å²) in [5, 5.41) is 7.53. The first-order valence-electron chi connectivity index (χ1n) is 7.80. The standard InChI is InChI=1S/C14H24N4O3/c1-2-20-14(3-9-19-10-4-14)13-16-12(21-17-13)11-18-7-5-15-6-8-18/h15H,2-11H2,1H3. The molecular formula is C14H24N4O3. The number of nitrogens with zero attached hydrogens (tertiary/aromatic N) is 3. The topological polar surface area (TPSA) is 72.7 Å². The zero-order valence-corrected chi connectivity index (χ0v) is 12.6. The van der Waals surface area contributed by atoms with Crippen LogP contribution >= 0.6 is 0 Å². The Labute approximate surface area is 125 Å².